The number of thioether (sulfide) groups is 1. The third-order valence-corrected chi connectivity index (χ3v) is 5.37. The van der Waals surface area contributed by atoms with E-state index in [0.717, 1.165) is 18.7 Å². The molecule has 0 atom stereocenters. The van der Waals surface area contributed by atoms with Crippen LogP contribution in [0.3, 0.4) is 0 Å². The minimum absolute atomic E-state index is 0.157. The van der Waals surface area contributed by atoms with E-state index in [1.807, 2.05) is 36.0 Å². The van der Waals surface area contributed by atoms with Gasteiger partial charge in [0.15, 0.2) is 0 Å². The Balaban J connectivity index is 1.43. The number of carbonyl (C=O) groups is 1. The lowest BCUT2D eigenvalue weighted by atomic mass is 10.1. The number of benzene rings is 2. The number of rotatable bonds is 6. The summed E-state index contributed by atoms with van der Waals surface area (Å²) in [6.45, 7) is 3.58. The van der Waals surface area contributed by atoms with Gasteiger partial charge < -0.3 is 15.5 Å². The Morgan fingerprint density at radius 2 is 1.81 bits per heavy atom. The second-order valence-corrected chi connectivity index (χ2v) is 7.52. The molecule has 0 bridgehead atoms. The van der Waals surface area contributed by atoms with Crippen molar-refractivity contribution >= 4 is 23.5 Å². The second-order valence-electron chi connectivity index (χ2n) is 6.30. The molecule has 4 nitrogen and oxygen atoms in total. The van der Waals surface area contributed by atoms with Crippen molar-refractivity contribution in [1.82, 2.24) is 10.2 Å². The number of nitrogens with one attached hydrogen (secondary N) is 2. The number of hydrogen-bond acceptors (Lipinski definition) is 3. The molecule has 138 valence electrons. The molecule has 2 aromatic carbocycles. The number of urea groups is 1. The van der Waals surface area contributed by atoms with E-state index in [1.165, 1.54) is 36.2 Å². The van der Waals surface area contributed by atoms with Gasteiger partial charge in [0.2, 0.25) is 0 Å². The first kappa shape index (κ1) is 18.7. The molecule has 26 heavy (non-hydrogen) atoms. The minimum Gasteiger partial charge on any atom is -0.334 e. The van der Waals surface area contributed by atoms with E-state index in [9.17, 15) is 9.18 Å². The summed E-state index contributed by atoms with van der Waals surface area (Å²) in [5, 5.41) is 5.45. The van der Waals surface area contributed by atoms with Gasteiger partial charge in [-0.2, -0.15) is 11.8 Å². The van der Waals surface area contributed by atoms with E-state index < -0.39 is 0 Å². The lowest BCUT2D eigenvalue weighted by molar-refractivity contribution is 0.251. The highest BCUT2D eigenvalue weighted by Crippen LogP contribution is 2.13. The van der Waals surface area contributed by atoms with Crippen LogP contribution >= 0.6 is 11.8 Å². The summed E-state index contributed by atoms with van der Waals surface area (Å²) in [6, 6.07) is 14.0. The summed E-state index contributed by atoms with van der Waals surface area (Å²) >= 11 is 2.02. The molecule has 1 heterocycles. The molecule has 0 radical (unpaired) electrons. The van der Waals surface area contributed by atoms with Crippen LogP contribution in [0.4, 0.5) is 14.9 Å². The molecule has 0 spiro atoms. The average molecular weight is 373 g/mol. The van der Waals surface area contributed by atoms with E-state index in [2.05, 4.69) is 15.5 Å². The monoisotopic (exact) mass is 373 g/mol. The van der Waals surface area contributed by atoms with Crippen LogP contribution in [-0.2, 0) is 13.0 Å². The fourth-order valence-electron chi connectivity index (χ4n) is 2.86. The van der Waals surface area contributed by atoms with Gasteiger partial charge in [0, 0.05) is 48.9 Å². The van der Waals surface area contributed by atoms with Crippen molar-refractivity contribution < 1.29 is 9.18 Å². The van der Waals surface area contributed by atoms with E-state index in [1.54, 1.807) is 18.2 Å². The van der Waals surface area contributed by atoms with Crippen molar-refractivity contribution in [2.45, 2.75) is 13.0 Å². The summed E-state index contributed by atoms with van der Waals surface area (Å²) in [5.74, 6) is 2.14. The Kier molecular flexibility index (Phi) is 6.91. The Morgan fingerprint density at radius 3 is 2.54 bits per heavy atom. The molecular formula is C20H24FN3OS. The van der Waals surface area contributed by atoms with Gasteiger partial charge in [0.25, 0.3) is 0 Å². The third kappa shape index (κ3) is 5.75. The van der Waals surface area contributed by atoms with Gasteiger partial charge >= 0.3 is 6.03 Å². The fraction of sp³-hybridized carbons (Fsp3) is 0.350. The molecule has 0 saturated carbocycles. The summed E-state index contributed by atoms with van der Waals surface area (Å²) in [4.78, 5) is 14.5. The lowest BCUT2D eigenvalue weighted by Crippen LogP contribution is -2.34. The van der Waals surface area contributed by atoms with Crippen molar-refractivity contribution in [2.75, 3.05) is 36.5 Å². The number of hydrogen-bond donors (Lipinski definition) is 2. The minimum atomic E-state index is -0.341. The van der Waals surface area contributed by atoms with Gasteiger partial charge in [-0.25, -0.2) is 9.18 Å². The highest BCUT2D eigenvalue weighted by molar-refractivity contribution is 7.99. The lowest BCUT2D eigenvalue weighted by Gasteiger charge is -2.26. The first-order chi connectivity index (χ1) is 12.7. The normalized spacial score (nSPS) is 14.8. The van der Waals surface area contributed by atoms with Crippen LogP contribution in [0.5, 0.6) is 0 Å². The quantitative estimate of drug-likeness (QED) is 0.811. The molecular weight excluding hydrogens is 349 g/mol. The fourth-order valence-corrected chi connectivity index (χ4v) is 3.84. The molecule has 1 aliphatic heterocycles. The highest BCUT2D eigenvalue weighted by atomic mass is 32.2. The largest absolute Gasteiger partial charge is 0.334 e. The van der Waals surface area contributed by atoms with Crippen LogP contribution in [-0.4, -0.2) is 42.1 Å². The maximum absolute atomic E-state index is 13.5. The molecule has 0 unspecified atom stereocenters. The molecule has 2 aromatic rings. The van der Waals surface area contributed by atoms with Crippen molar-refractivity contribution in [3.8, 4) is 0 Å². The predicted octanol–water partition coefficient (Wildman–Crippen LogP) is 3.74. The smallest absolute Gasteiger partial charge is 0.319 e. The van der Waals surface area contributed by atoms with Crippen LogP contribution < -0.4 is 10.6 Å². The van der Waals surface area contributed by atoms with Gasteiger partial charge in [-0.3, -0.25) is 0 Å². The van der Waals surface area contributed by atoms with Crippen molar-refractivity contribution in [1.29, 1.82) is 0 Å². The Hall–Kier alpha value is -2.05. The Bertz CT molecular complexity index is 717. The maximum Gasteiger partial charge on any atom is 0.319 e. The second kappa shape index (κ2) is 9.59. The van der Waals surface area contributed by atoms with Crippen LogP contribution in [0.2, 0.25) is 0 Å². The first-order valence-electron chi connectivity index (χ1n) is 8.88. The molecule has 2 amide bonds. The number of amides is 2. The van der Waals surface area contributed by atoms with Crippen LogP contribution in [0.25, 0.3) is 0 Å². The van der Waals surface area contributed by atoms with E-state index in [4.69, 9.17) is 0 Å². The molecule has 0 aromatic heterocycles. The third-order valence-electron chi connectivity index (χ3n) is 4.43. The van der Waals surface area contributed by atoms with Gasteiger partial charge in [-0.05, 0) is 30.2 Å². The standard InChI is InChI=1S/C20H24FN3OS/c21-19-4-2-1-3-17(19)15-22-20(25)23-18-7-5-16(6-8-18)9-10-24-11-13-26-14-12-24/h1-8H,9-15H2,(H2,22,23,25). The van der Waals surface area contributed by atoms with E-state index in [0.29, 0.717) is 5.56 Å². The number of halogens is 1. The van der Waals surface area contributed by atoms with Crippen molar-refractivity contribution in [2.24, 2.45) is 0 Å². The number of carbonyl (C=O) groups excluding carboxylic acids is 1. The molecule has 1 saturated heterocycles. The van der Waals surface area contributed by atoms with Gasteiger partial charge in [-0.15, -0.1) is 0 Å². The molecule has 3 rings (SSSR count). The molecule has 1 fully saturated rings. The summed E-state index contributed by atoms with van der Waals surface area (Å²) < 4.78 is 13.5. The summed E-state index contributed by atoms with van der Waals surface area (Å²) in [7, 11) is 0. The van der Waals surface area contributed by atoms with Crippen LogP contribution in [0.1, 0.15) is 11.1 Å². The molecule has 1 aliphatic rings. The van der Waals surface area contributed by atoms with Gasteiger partial charge in [0.05, 0.1) is 0 Å². The Morgan fingerprint density at radius 1 is 1.08 bits per heavy atom. The molecule has 0 aliphatic carbocycles. The first-order valence-corrected chi connectivity index (χ1v) is 10.0. The SMILES string of the molecule is O=C(NCc1ccccc1F)Nc1ccc(CCN2CCSCC2)cc1. The predicted molar refractivity (Wildman–Crippen MR) is 106 cm³/mol. The van der Waals surface area contributed by atoms with Gasteiger partial charge in [-0.1, -0.05) is 30.3 Å². The number of anilines is 1. The zero-order valence-electron chi connectivity index (χ0n) is 14.7. The maximum atomic E-state index is 13.5. The average Bonchev–Trinajstić information content (AvgIpc) is 2.68. The zero-order chi connectivity index (χ0) is 18.2. The summed E-state index contributed by atoms with van der Waals surface area (Å²) in [5.41, 5.74) is 2.46. The molecule has 2 N–H and O–H groups in total. The Labute approximate surface area is 158 Å². The summed E-state index contributed by atoms with van der Waals surface area (Å²) in [6.07, 6.45) is 1.02. The van der Waals surface area contributed by atoms with Crippen molar-refractivity contribution in [3.63, 3.8) is 0 Å². The van der Waals surface area contributed by atoms with Crippen LogP contribution in [0.15, 0.2) is 48.5 Å². The van der Waals surface area contributed by atoms with Gasteiger partial charge in [0.1, 0.15) is 5.82 Å². The topological polar surface area (TPSA) is 44.4 Å². The van der Waals surface area contributed by atoms with Crippen LogP contribution in [0, 0.1) is 5.82 Å². The van der Waals surface area contributed by atoms with E-state index in [-0.39, 0.29) is 18.4 Å². The molecule has 6 heteroatoms. The highest BCUT2D eigenvalue weighted by Gasteiger charge is 2.10. The van der Waals surface area contributed by atoms with E-state index >= 15 is 0 Å². The zero-order valence-corrected chi connectivity index (χ0v) is 15.5. The van der Waals surface area contributed by atoms with Crippen molar-refractivity contribution in [3.05, 3.63) is 65.5 Å². The number of nitrogens with zero attached hydrogens (tertiary/aromatic N) is 1.